The van der Waals surface area contributed by atoms with Gasteiger partial charge in [-0.05, 0) is 6.42 Å². The van der Waals surface area contributed by atoms with Gasteiger partial charge in [0.1, 0.15) is 11.3 Å². The van der Waals surface area contributed by atoms with Crippen molar-refractivity contribution in [2.45, 2.75) is 37.6 Å². The van der Waals surface area contributed by atoms with Crippen molar-refractivity contribution in [1.82, 2.24) is 9.97 Å². The lowest BCUT2D eigenvalue weighted by Crippen LogP contribution is -2.27. The number of rotatable bonds is 1. The molecule has 2 aliphatic rings. The van der Waals surface area contributed by atoms with E-state index in [1.807, 2.05) is 4.90 Å². The van der Waals surface area contributed by atoms with Gasteiger partial charge >= 0.3 is 0 Å². The summed E-state index contributed by atoms with van der Waals surface area (Å²) in [5.41, 5.74) is 13.0. The molecule has 6 nitrogen and oxygen atoms in total. The number of anilines is 2. The van der Waals surface area contributed by atoms with Gasteiger partial charge in [0.15, 0.2) is 11.4 Å². The number of nitrogens with zero attached hydrogens (tertiary/aromatic N) is 3. The number of nitrogens with two attached hydrogens (primary N) is 2. The molecule has 1 aliphatic heterocycles. The van der Waals surface area contributed by atoms with Crippen LogP contribution in [0.15, 0.2) is 4.42 Å². The predicted octanol–water partition coefficient (Wildman–Crippen LogP) is 1.47. The fourth-order valence-corrected chi connectivity index (χ4v) is 3.29. The van der Waals surface area contributed by atoms with E-state index in [1.54, 1.807) is 0 Å². The SMILES string of the molecule is Nc1nc(N2CCC(N)C2)c2oc3c(c2n1)CC(F)(F)CC3. The average molecular weight is 309 g/mol. The van der Waals surface area contributed by atoms with Crippen molar-refractivity contribution in [2.75, 3.05) is 23.7 Å². The van der Waals surface area contributed by atoms with Crippen molar-refractivity contribution in [1.29, 1.82) is 0 Å². The number of furan rings is 1. The van der Waals surface area contributed by atoms with E-state index in [1.165, 1.54) is 0 Å². The van der Waals surface area contributed by atoms with Gasteiger partial charge in [0.05, 0.1) is 0 Å². The topological polar surface area (TPSA) is 94.2 Å². The van der Waals surface area contributed by atoms with Crippen molar-refractivity contribution < 1.29 is 13.2 Å². The highest BCUT2D eigenvalue weighted by Crippen LogP contribution is 2.40. The molecular formula is C14H17F2N5O. The van der Waals surface area contributed by atoms with E-state index in [0.717, 1.165) is 13.0 Å². The molecule has 0 spiro atoms. The molecular weight excluding hydrogens is 292 g/mol. The summed E-state index contributed by atoms with van der Waals surface area (Å²) in [4.78, 5) is 10.4. The molecule has 4 N–H and O–H groups in total. The van der Waals surface area contributed by atoms with Gasteiger partial charge in [0.25, 0.3) is 5.92 Å². The quantitative estimate of drug-likeness (QED) is 0.828. The highest BCUT2D eigenvalue weighted by Gasteiger charge is 2.38. The van der Waals surface area contributed by atoms with Crippen LogP contribution >= 0.6 is 0 Å². The smallest absolute Gasteiger partial charge is 0.252 e. The third kappa shape index (κ3) is 2.09. The normalized spacial score (nSPS) is 24.0. The van der Waals surface area contributed by atoms with Crippen LogP contribution in [0.5, 0.6) is 0 Å². The number of fused-ring (bicyclic) bond motifs is 3. The van der Waals surface area contributed by atoms with E-state index in [-0.39, 0.29) is 31.3 Å². The second-order valence-electron chi connectivity index (χ2n) is 6.11. The van der Waals surface area contributed by atoms with Gasteiger partial charge in [-0.1, -0.05) is 0 Å². The maximum Gasteiger partial charge on any atom is 0.252 e. The second-order valence-corrected chi connectivity index (χ2v) is 6.11. The third-order valence-electron chi connectivity index (χ3n) is 4.39. The molecule has 1 atom stereocenters. The van der Waals surface area contributed by atoms with Gasteiger partial charge in [-0.2, -0.15) is 4.98 Å². The summed E-state index contributed by atoms with van der Waals surface area (Å²) in [5, 5.41) is 0. The average Bonchev–Trinajstić information content (AvgIpc) is 3.01. The van der Waals surface area contributed by atoms with E-state index in [0.29, 0.717) is 34.8 Å². The maximum absolute atomic E-state index is 13.7. The van der Waals surface area contributed by atoms with E-state index in [9.17, 15) is 8.78 Å². The van der Waals surface area contributed by atoms with E-state index < -0.39 is 5.92 Å². The molecule has 1 saturated heterocycles. The Morgan fingerprint density at radius 1 is 1.32 bits per heavy atom. The molecule has 1 fully saturated rings. The Morgan fingerprint density at radius 2 is 2.14 bits per heavy atom. The van der Waals surface area contributed by atoms with Crippen LogP contribution in [-0.4, -0.2) is 35.0 Å². The van der Waals surface area contributed by atoms with Gasteiger partial charge in [-0.15, -0.1) is 0 Å². The van der Waals surface area contributed by atoms with Crippen LogP contribution in [-0.2, 0) is 12.8 Å². The van der Waals surface area contributed by atoms with Crippen LogP contribution < -0.4 is 16.4 Å². The number of hydrogen-bond donors (Lipinski definition) is 2. The van der Waals surface area contributed by atoms with Gasteiger partial charge in [-0.3, -0.25) is 0 Å². The first kappa shape index (κ1) is 13.7. The van der Waals surface area contributed by atoms with E-state index >= 15 is 0 Å². The van der Waals surface area contributed by atoms with E-state index in [4.69, 9.17) is 15.9 Å². The summed E-state index contributed by atoms with van der Waals surface area (Å²) >= 11 is 0. The molecule has 2 aromatic heterocycles. The molecule has 0 saturated carbocycles. The molecule has 118 valence electrons. The minimum atomic E-state index is -2.72. The predicted molar refractivity (Wildman–Crippen MR) is 78.0 cm³/mol. The van der Waals surface area contributed by atoms with Crippen molar-refractivity contribution in [3.63, 3.8) is 0 Å². The Balaban J connectivity index is 1.87. The minimum absolute atomic E-state index is 0.0696. The molecule has 1 unspecified atom stereocenters. The first-order valence-electron chi connectivity index (χ1n) is 7.39. The molecule has 3 heterocycles. The first-order chi connectivity index (χ1) is 10.4. The van der Waals surface area contributed by atoms with E-state index in [2.05, 4.69) is 9.97 Å². The number of hydrogen-bond acceptors (Lipinski definition) is 6. The second kappa shape index (κ2) is 4.52. The number of halogens is 2. The van der Waals surface area contributed by atoms with Gasteiger partial charge < -0.3 is 20.8 Å². The monoisotopic (exact) mass is 309 g/mol. The van der Waals surface area contributed by atoms with Crippen LogP contribution in [0, 0.1) is 0 Å². The Hall–Kier alpha value is -1.96. The molecule has 22 heavy (non-hydrogen) atoms. The summed E-state index contributed by atoms with van der Waals surface area (Å²) in [5.74, 6) is -1.51. The lowest BCUT2D eigenvalue weighted by atomic mass is 9.94. The number of nitrogen functional groups attached to an aromatic ring is 1. The minimum Gasteiger partial charge on any atom is -0.455 e. The van der Waals surface area contributed by atoms with Crippen LogP contribution in [0.3, 0.4) is 0 Å². The van der Waals surface area contributed by atoms with Crippen LogP contribution in [0.4, 0.5) is 20.5 Å². The summed E-state index contributed by atoms with van der Waals surface area (Å²) in [7, 11) is 0. The molecule has 0 bridgehead atoms. The van der Waals surface area contributed by atoms with Crippen molar-refractivity contribution in [3.8, 4) is 0 Å². The van der Waals surface area contributed by atoms with Crippen LogP contribution in [0.2, 0.25) is 0 Å². The van der Waals surface area contributed by atoms with Gasteiger partial charge in [0, 0.05) is 44.0 Å². The highest BCUT2D eigenvalue weighted by molar-refractivity contribution is 5.89. The molecule has 8 heteroatoms. The summed E-state index contributed by atoms with van der Waals surface area (Å²) < 4.78 is 33.2. The molecule has 1 aliphatic carbocycles. The third-order valence-corrected chi connectivity index (χ3v) is 4.39. The Kier molecular flexibility index (Phi) is 2.81. The molecule has 2 aromatic rings. The molecule has 0 aromatic carbocycles. The number of aryl methyl sites for hydroxylation is 1. The maximum atomic E-state index is 13.7. The highest BCUT2D eigenvalue weighted by atomic mass is 19.3. The molecule has 4 rings (SSSR count). The summed E-state index contributed by atoms with van der Waals surface area (Å²) in [6.45, 7) is 1.39. The number of alkyl halides is 2. The van der Waals surface area contributed by atoms with Crippen molar-refractivity contribution in [3.05, 3.63) is 11.3 Å². The molecule has 0 radical (unpaired) electrons. The Labute approximate surface area is 125 Å². The Morgan fingerprint density at radius 3 is 2.86 bits per heavy atom. The molecule has 0 amide bonds. The summed E-state index contributed by atoms with van der Waals surface area (Å²) in [6, 6.07) is 0.0696. The fourth-order valence-electron chi connectivity index (χ4n) is 3.29. The van der Waals surface area contributed by atoms with Gasteiger partial charge in [-0.25, -0.2) is 13.8 Å². The Bertz CT molecular complexity index is 744. The zero-order valence-corrected chi connectivity index (χ0v) is 12.0. The largest absolute Gasteiger partial charge is 0.455 e. The first-order valence-corrected chi connectivity index (χ1v) is 7.39. The van der Waals surface area contributed by atoms with Crippen LogP contribution in [0.25, 0.3) is 11.1 Å². The van der Waals surface area contributed by atoms with Crippen molar-refractivity contribution >= 4 is 22.9 Å². The summed E-state index contributed by atoms with van der Waals surface area (Å²) in [6.07, 6.45) is 0.499. The fraction of sp³-hybridized carbons (Fsp3) is 0.571. The standard InChI is InChI=1S/C14H17F2N5O/c15-14(16)3-1-9-8(5-14)10-11(22-9)12(20-13(18)19-10)21-4-2-7(17)6-21/h7H,1-6,17H2,(H2,18,19,20). The zero-order chi connectivity index (χ0) is 15.5. The zero-order valence-electron chi connectivity index (χ0n) is 12.0. The van der Waals surface area contributed by atoms with Crippen LogP contribution in [0.1, 0.15) is 24.2 Å². The lowest BCUT2D eigenvalue weighted by Gasteiger charge is -2.20. The van der Waals surface area contributed by atoms with Crippen molar-refractivity contribution in [2.24, 2.45) is 5.73 Å². The number of aromatic nitrogens is 2. The lowest BCUT2D eigenvalue weighted by molar-refractivity contribution is -0.0140. The van der Waals surface area contributed by atoms with Gasteiger partial charge in [0.2, 0.25) is 5.95 Å².